The second kappa shape index (κ2) is 12.3. The molecule has 1 aliphatic heterocycles. The molecule has 8 nitrogen and oxygen atoms in total. The van der Waals surface area contributed by atoms with Gasteiger partial charge in [-0.25, -0.2) is 8.78 Å². The van der Waals surface area contributed by atoms with Gasteiger partial charge in [0.05, 0.1) is 25.1 Å². The molecule has 4 aromatic rings. The van der Waals surface area contributed by atoms with Gasteiger partial charge in [0.2, 0.25) is 5.91 Å². The summed E-state index contributed by atoms with van der Waals surface area (Å²) in [6.07, 6.45) is -5.01. The maximum atomic E-state index is 15.8. The third-order valence-corrected chi connectivity index (χ3v) is 7.70. The number of ether oxygens (including phenoxy) is 2. The summed E-state index contributed by atoms with van der Waals surface area (Å²) in [4.78, 5) is 38.9. The van der Waals surface area contributed by atoms with E-state index in [1.165, 1.54) is 38.3 Å². The molecule has 0 unspecified atom stereocenters. The fourth-order valence-electron chi connectivity index (χ4n) is 5.53. The van der Waals surface area contributed by atoms with Crippen molar-refractivity contribution in [3.63, 3.8) is 0 Å². The van der Waals surface area contributed by atoms with E-state index in [2.05, 4.69) is 5.32 Å². The second-order valence-electron chi connectivity index (χ2n) is 10.9. The smallest absolute Gasteiger partial charge is 0.416 e. The molecule has 240 valence electrons. The van der Waals surface area contributed by atoms with Gasteiger partial charge in [-0.05, 0) is 72.5 Å². The Morgan fingerprint density at radius 2 is 1.76 bits per heavy atom. The van der Waals surface area contributed by atoms with Crippen LogP contribution in [0.4, 0.5) is 22.0 Å². The van der Waals surface area contributed by atoms with Gasteiger partial charge >= 0.3 is 12.1 Å². The number of pyridine rings is 1. The molecule has 3 aromatic carbocycles. The van der Waals surface area contributed by atoms with Crippen LogP contribution in [0.2, 0.25) is 0 Å². The summed E-state index contributed by atoms with van der Waals surface area (Å²) in [5.74, 6) is -3.66. The van der Waals surface area contributed by atoms with E-state index in [1.54, 1.807) is 19.1 Å². The number of fused-ring (bicyclic) bond motifs is 6. The van der Waals surface area contributed by atoms with Crippen molar-refractivity contribution < 1.29 is 46.1 Å². The first-order valence-corrected chi connectivity index (χ1v) is 13.9. The van der Waals surface area contributed by atoms with Crippen LogP contribution in [0.5, 0.6) is 11.5 Å². The number of alkyl halides is 3. The van der Waals surface area contributed by atoms with E-state index >= 15 is 8.78 Å². The summed E-state index contributed by atoms with van der Waals surface area (Å²) >= 11 is 0. The lowest BCUT2D eigenvalue weighted by molar-refractivity contribution is -0.138. The zero-order valence-corrected chi connectivity index (χ0v) is 24.7. The first-order valence-electron chi connectivity index (χ1n) is 13.9. The fourth-order valence-corrected chi connectivity index (χ4v) is 5.53. The van der Waals surface area contributed by atoms with Crippen molar-refractivity contribution in [2.75, 3.05) is 7.11 Å². The molecule has 0 saturated heterocycles. The third-order valence-electron chi connectivity index (χ3n) is 7.70. The number of hydrogen-bond acceptors (Lipinski definition) is 5. The maximum Gasteiger partial charge on any atom is 0.416 e. The number of carboxylic acids is 1. The minimum Gasteiger partial charge on any atom is -0.497 e. The van der Waals surface area contributed by atoms with E-state index in [4.69, 9.17) is 9.47 Å². The first-order chi connectivity index (χ1) is 21.7. The second-order valence-corrected chi connectivity index (χ2v) is 10.9. The molecule has 0 saturated carbocycles. The predicted octanol–water partition coefficient (Wildman–Crippen LogP) is 6.25. The molecule has 0 aliphatic carbocycles. The van der Waals surface area contributed by atoms with Crippen molar-refractivity contribution in [2.45, 2.75) is 45.1 Å². The molecule has 2 atom stereocenters. The van der Waals surface area contributed by atoms with Gasteiger partial charge in [-0.15, -0.1) is 0 Å². The molecule has 0 fully saturated rings. The Hall–Kier alpha value is -5.20. The summed E-state index contributed by atoms with van der Waals surface area (Å²) in [5, 5.41) is 12.2. The molecule has 13 heteroatoms. The monoisotopic (exact) mass is 642 g/mol. The van der Waals surface area contributed by atoms with Crippen LogP contribution in [-0.2, 0) is 22.4 Å². The normalized spacial score (nSPS) is 16.5. The number of aromatic nitrogens is 1. The maximum absolute atomic E-state index is 15.8. The summed E-state index contributed by atoms with van der Waals surface area (Å²) in [7, 11) is 1.46. The van der Waals surface area contributed by atoms with Crippen LogP contribution >= 0.6 is 0 Å². The standard InChI is InChI=1S/C33H27F5N2O6/c1-16-9-21(45-3)13-26-29(16)19-8-17(2)30(35)23(11-19)25(14-28(42)43)39-32(44)31(22-10-18(15-46-26)4-5-24(22)34)40-7-6-20(12-27(40)41)33(36,37)38/h4-13,25,31H,14-15H2,1-3H3,(H,39,44)(H,42,43)/t25-,31-/m1/s1. The van der Waals surface area contributed by atoms with Crippen LogP contribution in [0.25, 0.3) is 11.1 Å². The number of aliphatic carboxylic acids is 1. The molecular weight excluding hydrogens is 615 g/mol. The zero-order chi connectivity index (χ0) is 33.5. The largest absolute Gasteiger partial charge is 0.497 e. The van der Waals surface area contributed by atoms with Crippen molar-refractivity contribution in [3.8, 4) is 22.6 Å². The van der Waals surface area contributed by atoms with E-state index < -0.39 is 64.9 Å². The molecular formula is C33H27F5N2O6. The van der Waals surface area contributed by atoms with E-state index in [0.717, 1.165) is 6.07 Å². The number of nitrogens with zero attached hydrogens (tertiary/aromatic N) is 1. The Kier molecular flexibility index (Phi) is 8.61. The van der Waals surface area contributed by atoms with Gasteiger partial charge in [0, 0.05) is 35.0 Å². The van der Waals surface area contributed by atoms with Crippen molar-refractivity contribution in [2.24, 2.45) is 0 Å². The van der Waals surface area contributed by atoms with E-state index in [0.29, 0.717) is 50.6 Å². The number of carbonyl (C=O) groups excluding carboxylic acids is 1. The quantitative estimate of drug-likeness (QED) is 0.255. The van der Waals surface area contributed by atoms with Crippen molar-refractivity contribution >= 4 is 11.9 Å². The number of carbonyl (C=O) groups is 2. The molecule has 1 aliphatic rings. The van der Waals surface area contributed by atoms with Crippen LogP contribution in [0.15, 0.2) is 65.6 Å². The highest BCUT2D eigenvalue weighted by Crippen LogP contribution is 2.40. The van der Waals surface area contributed by atoms with Gasteiger partial charge in [-0.1, -0.05) is 6.07 Å². The molecule has 2 heterocycles. The number of nitrogens with one attached hydrogen (secondary N) is 1. The van der Waals surface area contributed by atoms with E-state index in [9.17, 15) is 32.7 Å². The van der Waals surface area contributed by atoms with Gasteiger partial charge in [0.15, 0.2) is 0 Å². The van der Waals surface area contributed by atoms with Gasteiger partial charge in [0.1, 0.15) is 35.8 Å². The van der Waals surface area contributed by atoms with Gasteiger partial charge in [-0.3, -0.25) is 19.0 Å². The van der Waals surface area contributed by atoms with Crippen LogP contribution in [0, 0.1) is 25.5 Å². The summed E-state index contributed by atoms with van der Waals surface area (Å²) in [5.41, 5.74) is -1.16. The average molecular weight is 643 g/mol. The lowest BCUT2D eigenvalue weighted by Crippen LogP contribution is -2.41. The summed E-state index contributed by atoms with van der Waals surface area (Å²) < 4.78 is 83.5. The predicted molar refractivity (Wildman–Crippen MR) is 156 cm³/mol. The van der Waals surface area contributed by atoms with Gasteiger partial charge < -0.3 is 19.9 Å². The van der Waals surface area contributed by atoms with Crippen molar-refractivity contribution in [1.82, 2.24) is 9.88 Å². The molecule has 5 rings (SSSR count). The average Bonchev–Trinajstić information content (AvgIpc) is 2.97. The van der Waals surface area contributed by atoms with E-state index in [1.807, 2.05) is 0 Å². The Morgan fingerprint density at radius 3 is 2.41 bits per heavy atom. The zero-order valence-electron chi connectivity index (χ0n) is 24.7. The number of benzene rings is 3. The van der Waals surface area contributed by atoms with E-state index in [-0.39, 0.29) is 23.8 Å². The Bertz CT molecular complexity index is 1920. The minimum atomic E-state index is -4.88. The number of halogens is 5. The van der Waals surface area contributed by atoms with Crippen LogP contribution in [-0.4, -0.2) is 28.7 Å². The topological polar surface area (TPSA) is 107 Å². The van der Waals surface area contributed by atoms with Crippen LogP contribution in [0.1, 0.15) is 51.9 Å². The highest BCUT2D eigenvalue weighted by Gasteiger charge is 2.35. The Labute approximate surface area is 259 Å². The number of amides is 1. The molecule has 46 heavy (non-hydrogen) atoms. The molecule has 2 N–H and O–H groups in total. The molecule has 1 aromatic heterocycles. The first kappa shape index (κ1) is 32.2. The Balaban J connectivity index is 1.79. The highest BCUT2D eigenvalue weighted by atomic mass is 19.4. The van der Waals surface area contributed by atoms with Crippen LogP contribution < -0.4 is 20.3 Å². The lowest BCUT2D eigenvalue weighted by Gasteiger charge is -2.26. The van der Waals surface area contributed by atoms with Crippen LogP contribution in [0.3, 0.4) is 0 Å². The molecule has 4 bridgehead atoms. The number of hydrogen-bond donors (Lipinski definition) is 2. The van der Waals surface area contributed by atoms with Crippen molar-refractivity contribution in [3.05, 3.63) is 116 Å². The highest BCUT2D eigenvalue weighted by molar-refractivity contribution is 5.85. The number of carboxylic acid groups (broad SMARTS) is 1. The number of aryl methyl sites for hydroxylation is 2. The SMILES string of the molecule is COc1cc(C)c2c(c1)OCc1ccc(F)c(c1)[C@@H](n1ccc(C(F)(F)F)cc1=O)C(=O)N[C@H](CC(=O)O)c1cc-2cc(C)c1F. The number of methoxy groups -OCH3 is 1. The Morgan fingerprint density at radius 1 is 1.02 bits per heavy atom. The van der Waals surface area contributed by atoms with Crippen molar-refractivity contribution in [1.29, 1.82) is 0 Å². The van der Waals surface area contributed by atoms with Gasteiger partial charge in [0.25, 0.3) is 5.56 Å². The molecule has 1 amide bonds. The summed E-state index contributed by atoms with van der Waals surface area (Å²) in [6, 6.07) is 7.16. The molecule has 0 radical (unpaired) electrons. The molecule has 0 spiro atoms. The lowest BCUT2D eigenvalue weighted by atomic mass is 9.91. The third kappa shape index (κ3) is 6.30. The minimum absolute atomic E-state index is 0.108. The number of rotatable bonds is 4. The van der Waals surface area contributed by atoms with Gasteiger partial charge in [-0.2, -0.15) is 13.2 Å². The summed E-state index contributed by atoms with van der Waals surface area (Å²) in [6.45, 7) is 3.04. The fraction of sp³-hybridized carbons (Fsp3) is 0.242.